The van der Waals surface area contributed by atoms with Crippen LogP contribution in [-0.2, 0) is 4.79 Å². The molecule has 2 amide bonds. The normalized spacial score (nSPS) is 15.7. The van der Waals surface area contributed by atoms with E-state index in [9.17, 15) is 9.59 Å². The Morgan fingerprint density at radius 2 is 1.89 bits per heavy atom. The predicted molar refractivity (Wildman–Crippen MR) is 141 cm³/mol. The highest BCUT2D eigenvalue weighted by Gasteiger charge is 2.25. The van der Waals surface area contributed by atoms with Crippen molar-refractivity contribution in [1.29, 1.82) is 0 Å². The van der Waals surface area contributed by atoms with Crippen LogP contribution in [0.15, 0.2) is 66.5 Å². The van der Waals surface area contributed by atoms with Crippen LogP contribution in [0.5, 0.6) is 5.75 Å². The van der Waals surface area contributed by atoms with Gasteiger partial charge < -0.3 is 20.3 Å². The maximum atomic E-state index is 13.2. The van der Waals surface area contributed by atoms with Crippen molar-refractivity contribution in [3.8, 4) is 5.75 Å². The highest BCUT2D eigenvalue weighted by atomic mass is 35.5. The number of rotatable bonds is 8. The first-order valence-corrected chi connectivity index (χ1v) is 12.1. The number of nitrogens with one attached hydrogen (secondary N) is 2. The number of ether oxygens (including phenoxy) is 1. The number of pyridine rings is 1. The average Bonchev–Trinajstić information content (AvgIpc) is 2.84. The maximum absolute atomic E-state index is 13.2. The Balaban J connectivity index is 1.40. The molecule has 0 spiro atoms. The lowest BCUT2D eigenvalue weighted by Crippen LogP contribution is -2.40. The van der Waals surface area contributed by atoms with Crippen LogP contribution in [0.3, 0.4) is 0 Å². The van der Waals surface area contributed by atoms with E-state index in [4.69, 9.17) is 16.3 Å². The van der Waals surface area contributed by atoms with Crippen LogP contribution in [0.2, 0.25) is 5.02 Å². The molecule has 0 unspecified atom stereocenters. The summed E-state index contributed by atoms with van der Waals surface area (Å²) in [6, 6.07) is 16.0. The number of methoxy groups -OCH3 is 1. The van der Waals surface area contributed by atoms with E-state index in [1.807, 2.05) is 24.3 Å². The first-order chi connectivity index (χ1) is 17.6. The number of likely N-dealkylation sites (tertiary alicyclic amines) is 1. The van der Waals surface area contributed by atoms with Crippen molar-refractivity contribution < 1.29 is 14.3 Å². The molecule has 3 heterocycles. The van der Waals surface area contributed by atoms with Crippen LogP contribution >= 0.6 is 11.6 Å². The number of hydrogen-bond acceptors (Lipinski definition) is 6. The molecule has 2 aromatic carbocycles. The van der Waals surface area contributed by atoms with Crippen LogP contribution < -0.4 is 20.3 Å². The molecule has 0 atom stereocenters. The second-order valence-electron chi connectivity index (χ2n) is 8.57. The topological polar surface area (TPSA) is 86.8 Å². The third kappa shape index (κ3) is 4.72. The van der Waals surface area contributed by atoms with Gasteiger partial charge in [0.2, 0.25) is 6.41 Å². The van der Waals surface area contributed by atoms with Gasteiger partial charge in [0.1, 0.15) is 11.6 Å². The number of benzene rings is 2. The average molecular weight is 504 g/mol. The van der Waals surface area contributed by atoms with Gasteiger partial charge in [-0.2, -0.15) is 0 Å². The Morgan fingerprint density at radius 1 is 1.14 bits per heavy atom. The van der Waals surface area contributed by atoms with Crippen molar-refractivity contribution in [2.75, 3.05) is 37.0 Å². The molecule has 184 valence electrons. The molecule has 2 fully saturated rings. The number of amides is 2. The third-order valence-corrected chi connectivity index (χ3v) is 6.59. The van der Waals surface area contributed by atoms with Crippen LogP contribution in [0.4, 0.5) is 17.2 Å². The standard InChI is InChI=1S/C27H26ClN5O3/c1-36-21-8-9-22(24(15-21)33(17-34)25-10-7-20(28)16-30-25)31-27(35)19-5-3-18(4-6-19)26(23-11-12-29-23)32-13-2-14-32/h3-10,15-17,29H,2,11-14H2,1H3,(H,31,35). The van der Waals surface area contributed by atoms with Gasteiger partial charge in [0, 0.05) is 49.6 Å². The lowest BCUT2D eigenvalue weighted by Gasteiger charge is -2.39. The second kappa shape index (κ2) is 10.3. The molecular formula is C27H26ClN5O3. The number of carbonyl (C=O) groups is 2. The van der Waals surface area contributed by atoms with Gasteiger partial charge in [-0.15, -0.1) is 0 Å². The first-order valence-electron chi connectivity index (χ1n) is 11.8. The van der Waals surface area contributed by atoms with Crippen molar-refractivity contribution in [3.63, 3.8) is 0 Å². The van der Waals surface area contributed by atoms with Crippen molar-refractivity contribution in [2.24, 2.45) is 0 Å². The number of hydrogen-bond donors (Lipinski definition) is 2. The van der Waals surface area contributed by atoms with E-state index in [-0.39, 0.29) is 5.91 Å². The summed E-state index contributed by atoms with van der Waals surface area (Å²) in [4.78, 5) is 33.2. The molecule has 3 aromatic rings. The fourth-order valence-electron chi connectivity index (χ4n) is 4.20. The zero-order valence-electron chi connectivity index (χ0n) is 19.8. The minimum Gasteiger partial charge on any atom is -0.497 e. The van der Waals surface area contributed by atoms with Crippen LogP contribution in [-0.4, -0.2) is 48.9 Å². The van der Waals surface area contributed by atoms with E-state index in [2.05, 4.69) is 20.5 Å². The molecule has 0 radical (unpaired) electrons. The molecule has 2 N–H and O–H groups in total. The fraction of sp³-hybridized carbons (Fsp3) is 0.222. The summed E-state index contributed by atoms with van der Waals surface area (Å²) in [5.41, 5.74) is 4.96. The number of aromatic nitrogens is 1. The van der Waals surface area contributed by atoms with Crippen molar-refractivity contribution >= 4 is 46.8 Å². The van der Waals surface area contributed by atoms with E-state index >= 15 is 0 Å². The smallest absolute Gasteiger partial charge is 0.255 e. The molecule has 0 aliphatic carbocycles. The molecule has 36 heavy (non-hydrogen) atoms. The summed E-state index contributed by atoms with van der Waals surface area (Å²) in [7, 11) is 1.54. The van der Waals surface area contributed by atoms with E-state index in [1.165, 1.54) is 36.0 Å². The van der Waals surface area contributed by atoms with E-state index in [0.717, 1.165) is 31.6 Å². The van der Waals surface area contributed by atoms with E-state index in [1.54, 1.807) is 30.3 Å². The quantitative estimate of drug-likeness (QED) is 0.435. The minimum atomic E-state index is -0.289. The molecule has 2 saturated heterocycles. The molecule has 0 saturated carbocycles. The summed E-state index contributed by atoms with van der Waals surface area (Å²) in [6.07, 6.45) is 4.33. The third-order valence-electron chi connectivity index (χ3n) is 6.37. The lowest BCUT2D eigenvalue weighted by atomic mass is 9.99. The molecule has 2 aliphatic rings. The Hall–Kier alpha value is -4.04. The second-order valence-corrected chi connectivity index (χ2v) is 9.01. The van der Waals surface area contributed by atoms with Crippen molar-refractivity contribution in [3.05, 3.63) is 82.6 Å². The highest BCUT2D eigenvalue weighted by Crippen LogP contribution is 2.35. The largest absolute Gasteiger partial charge is 0.497 e. The number of halogens is 1. The Kier molecular flexibility index (Phi) is 6.77. The van der Waals surface area contributed by atoms with Crippen molar-refractivity contribution in [2.45, 2.75) is 12.8 Å². The predicted octanol–water partition coefficient (Wildman–Crippen LogP) is 4.66. The van der Waals surface area contributed by atoms with Gasteiger partial charge in [-0.05, 0) is 48.4 Å². The number of anilines is 3. The van der Waals surface area contributed by atoms with Gasteiger partial charge in [0.25, 0.3) is 5.91 Å². The molecule has 9 heteroatoms. The molecule has 0 bridgehead atoms. The molecule has 5 rings (SSSR count). The van der Waals surface area contributed by atoms with E-state index < -0.39 is 0 Å². The lowest BCUT2D eigenvalue weighted by molar-refractivity contribution is -0.106. The van der Waals surface area contributed by atoms with Crippen LogP contribution in [0.25, 0.3) is 5.70 Å². The van der Waals surface area contributed by atoms with Crippen LogP contribution in [0.1, 0.15) is 28.8 Å². The van der Waals surface area contributed by atoms with Gasteiger partial charge in [-0.3, -0.25) is 14.5 Å². The summed E-state index contributed by atoms with van der Waals surface area (Å²) in [5, 5.41) is 6.80. The first kappa shape index (κ1) is 23.7. The Labute approximate surface area is 214 Å². The fourth-order valence-corrected chi connectivity index (χ4v) is 4.31. The zero-order valence-corrected chi connectivity index (χ0v) is 20.6. The highest BCUT2D eigenvalue weighted by molar-refractivity contribution is 6.30. The molecule has 8 nitrogen and oxygen atoms in total. The van der Waals surface area contributed by atoms with E-state index in [0.29, 0.717) is 39.9 Å². The van der Waals surface area contributed by atoms with Gasteiger partial charge in [-0.25, -0.2) is 4.98 Å². The summed E-state index contributed by atoms with van der Waals surface area (Å²) < 4.78 is 5.34. The van der Waals surface area contributed by atoms with Gasteiger partial charge in [0.05, 0.1) is 29.2 Å². The summed E-state index contributed by atoms with van der Waals surface area (Å²) >= 11 is 5.95. The molecule has 2 aliphatic heterocycles. The van der Waals surface area contributed by atoms with Crippen LogP contribution in [0, 0.1) is 0 Å². The Bertz CT molecular complexity index is 1300. The monoisotopic (exact) mass is 503 g/mol. The zero-order chi connectivity index (χ0) is 25.1. The molecular weight excluding hydrogens is 478 g/mol. The number of carbonyl (C=O) groups excluding carboxylic acids is 2. The minimum absolute atomic E-state index is 0.289. The van der Waals surface area contributed by atoms with Crippen molar-refractivity contribution in [1.82, 2.24) is 15.2 Å². The molecule has 1 aromatic heterocycles. The van der Waals surface area contributed by atoms with Gasteiger partial charge >= 0.3 is 0 Å². The summed E-state index contributed by atoms with van der Waals surface area (Å²) in [5.74, 6) is 0.603. The maximum Gasteiger partial charge on any atom is 0.255 e. The number of nitrogens with zero attached hydrogens (tertiary/aromatic N) is 3. The Morgan fingerprint density at radius 3 is 2.44 bits per heavy atom. The SMILES string of the molecule is COc1ccc(NC(=O)c2ccc(C(=C3CCN3)N3CCC3)cc2)c(N(C=O)c2ccc(Cl)cn2)c1. The van der Waals surface area contributed by atoms with Gasteiger partial charge in [0.15, 0.2) is 0 Å². The summed E-state index contributed by atoms with van der Waals surface area (Å²) in [6.45, 7) is 3.11. The van der Waals surface area contributed by atoms with Gasteiger partial charge in [-0.1, -0.05) is 23.7 Å².